The number of carbonyl (C=O) groups excluding carboxylic acids is 1. The highest BCUT2D eigenvalue weighted by atomic mass is 16.5. The monoisotopic (exact) mass is 382 g/mol. The van der Waals surface area contributed by atoms with E-state index >= 15 is 0 Å². The Morgan fingerprint density at radius 2 is 1.82 bits per heavy atom. The van der Waals surface area contributed by atoms with E-state index in [9.17, 15) is 4.79 Å². The summed E-state index contributed by atoms with van der Waals surface area (Å²) in [6, 6.07) is 15.9. The number of likely N-dealkylation sites (N-methyl/N-ethyl adjacent to an activating group) is 1. The first kappa shape index (κ1) is 21.4. The minimum Gasteiger partial charge on any atom is -0.493 e. The molecule has 0 bridgehead atoms. The van der Waals surface area contributed by atoms with Gasteiger partial charge in [-0.1, -0.05) is 24.3 Å². The van der Waals surface area contributed by atoms with Gasteiger partial charge in [-0.15, -0.1) is 0 Å². The molecule has 5 nitrogen and oxygen atoms in total. The Morgan fingerprint density at radius 1 is 1.11 bits per heavy atom. The molecule has 2 rings (SSSR count). The average molecular weight is 383 g/mol. The SMILES string of the molecule is COc1cc(C=CC(=O)NCC(C)N(C)c2ccccc2)ccc1OC(C)C. The van der Waals surface area contributed by atoms with Gasteiger partial charge in [0.1, 0.15) is 0 Å². The maximum absolute atomic E-state index is 12.2. The van der Waals surface area contributed by atoms with Gasteiger partial charge in [-0.3, -0.25) is 4.79 Å². The van der Waals surface area contributed by atoms with Gasteiger partial charge < -0.3 is 19.7 Å². The van der Waals surface area contributed by atoms with Crippen LogP contribution in [-0.4, -0.2) is 38.8 Å². The first-order valence-electron chi connectivity index (χ1n) is 9.49. The zero-order valence-corrected chi connectivity index (χ0v) is 17.3. The van der Waals surface area contributed by atoms with E-state index in [4.69, 9.17) is 9.47 Å². The fourth-order valence-corrected chi connectivity index (χ4v) is 2.67. The van der Waals surface area contributed by atoms with Gasteiger partial charge in [-0.25, -0.2) is 0 Å². The van der Waals surface area contributed by atoms with Gasteiger partial charge in [-0.05, 0) is 56.7 Å². The van der Waals surface area contributed by atoms with Crippen LogP contribution >= 0.6 is 0 Å². The van der Waals surface area contributed by atoms with E-state index in [1.165, 1.54) is 6.08 Å². The predicted molar refractivity (Wildman–Crippen MR) is 115 cm³/mol. The zero-order chi connectivity index (χ0) is 20.5. The number of nitrogens with one attached hydrogen (secondary N) is 1. The largest absolute Gasteiger partial charge is 0.493 e. The lowest BCUT2D eigenvalue weighted by molar-refractivity contribution is -0.116. The second-order valence-corrected chi connectivity index (χ2v) is 6.95. The van der Waals surface area contributed by atoms with Crippen molar-refractivity contribution in [3.63, 3.8) is 0 Å². The molecular formula is C23H30N2O3. The smallest absolute Gasteiger partial charge is 0.244 e. The molecule has 1 N–H and O–H groups in total. The van der Waals surface area contributed by atoms with Crippen LogP contribution in [-0.2, 0) is 4.79 Å². The minimum absolute atomic E-state index is 0.0667. The van der Waals surface area contributed by atoms with Crippen LogP contribution in [0.4, 0.5) is 5.69 Å². The molecule has 2 aromatic rings. The fraction of sp³-hybridized carbons (Fsp3) is 0.348. The van der Waals surface area contributed by atoms with E-state index in [1.807, 2.05) is 57.3 Å². The third-order valence-corrected chi connectivity index (χ3v) is 4.37. The minimum atomic E-state index is -0.130. The molecule has 1 atom stereocenters. The molecule has 2 aromatic carbocycles. The van der Waals surface area contributed by atoms with Crippen molar-refractivity contribution in [2.24, 2.45) is 0 Å². The number of ether oxygens (including phenoxy) is 2. The number of hydrogen-bond acceptors (Lipinski definition) is 4. The van der Waals surface area contributed by atoms with Gasteiger partial charge in [0.2, 0.25) is 5.91 Å². The van der Waals surface area contributed by atoms with Gasteiger partial charge in [0, 0.05) is 31.4 Å². The summed E-state index contributed by atoms with van der Waals surface area (Å²) < 4.78 is 11.1. The lowest BCUT2D eigenvalue weighted by Gasteiger charge is -2.27. The molecule has 150 valence electrons. The average Bonchev–Trinajstić information content (AvgIpc) is 2.70. The fourth-order valence-electron chi connectivity index (χ4n) is 2.67. The quantitative estimate of drug-likeness (QED) is 0.663. The van der Waals surface area contributed by atoms with Crippen molar-refractivity contribution in [3.05, 3.63) is 60.2 Å². The molecule has 0 radical (unpaired) electrons. The number of benzene rings is 2. The van der Waals surface area contributed by atoms with E-state index in [0.29, 0.717) is 18.0 Å². The Morgan fingerprint density at radius 3 is 2.46 bits per heavy atom. The Kier molecular flexibility index (Phi) is 7.93. The number of para-hydroxylation sites is 1. The Bertz CT molecular complexity index is 788. The van der Waals surface area contributed by atoms with Gasteiger partial charge >= 0.3 is 0 Å². The second-order valence-electron chi connectivity index (χ2n) is 6.95. The maximum Gasteiger partial charge on any atom is 0.244 e. The Labute approximate surface area is 168 Å². The number of amides is 1. The molecule has 0 aliphatic heterocycles. The summed E-state index contributed by atoms with van der Waals surface area (Å²) in [6.07, 6.45) is 3.37. The van der Waals surface area contributed by atoms with Gasteiger partial charge in [-0.2, -0.15) is 0 Å². The molecule has 0 saturated heterocycles. The van der Waals surface area contributed by atoms with Crippen molar-refractivity contribution >= 4 is 17.7 Å². The van der Waals surface area contributed by atoms with E-state index in [2.05, 4.69) is 29.3 Å². The molecule has 1 amide bonds. The highest BCUT2D eigenvalue weighted by Crippen LogP contribution is 2.29. The summed E-state index contributed by atoms with van der Waals surface area (Å²) in [5.74, 6) is 1.21. The summed E-state index contributed by atoms with van der Waals surface area (Å²) in [5, 5.41) is 2.95. The Balaban J connectivity index is 1.91. The van der Waals surface area contributed by atoms with E-state index < -0.39 is 0 Å². The van der Waals surface area contributed by atoms with Crippen molar-refractivity contribution in [2.45, 2.75) is 32.9 Å². The summed E-state index contributed by atoms with van der Waals surface area (Å²) >= 11 is 0. The molecule has 5 heteroatoms. The van der Waals surface area contributed by atoms with Crippen LogP contribution in [0.15, 0.2) is 54.6 Å². The van der Waals surface area contributed by atoms with Crippen LogP contribution in [0.3, 0.4) is 0 Å². The molecule has 0 saturated carbocycles. The first-order valence-corrected chi connectivity index (χ1v) is 9.49. The van der Waals surface area contributed by atoms with Gasteiger partial charge in [0.05, 0.1) is 13.2 Å². The van der Waals surface area contributed by atoms with Gasteiger partial charge in [0.25, 0.3) is 0 Å². The molecule has 28 heavy (non-hydrogen) atoms. The third-order valence-electron chi connectivity index (χ3n) is 4.37. The van der Waals surface area contributed by atoms with Crippen LogP contribution < -0.4 is 19.7 Å². The van der Waals surface area contributed by atoms with Crippen LogP contribution in [0.25, 0.3) is 6.08 Å². The van der Waals surface area contributed by atoms with Crippen LogP contribution in [0.5, 0.6) is 11.5 Å². The predicted octanol–water partition coefficient (Wildman–Crippen LogP) is 4.14. The molecule has 0 heterocycles. The summed E-state index contributed by atoms with van der Waals surface area (Å²) in [4.78, 5) is 14.3. The summed E-state index contributed by atoms with van der Waals surface area (Å²) in [5.41, 5.74) is 1.99. The molecule has 1 unspecified atom stereocenters. The molecule has 0 aliphatic carbocycles. The summed E-state index contributed by atoms with van der Waals surface area (Å²) in [7, 11) is 3.63. The van der Waals surface area contributed by atoms with Crippen molar-refractivity contribution in [1.29, 1.82) is 0 Å². The molecule has 0 spiro atoms. The number of methoxy groups -OCH3 is 1. The van der Waals surface area contributed by atoms with Crippen molar-refractivity contribution in [2.75, 3.05) is 25.6 Å². The number of rotatable bonds is 9. The standard InChI is InChI=1S/C23H30N2O3/c1-17(2)28-21-13-11-19(15-22(21)27-5)12-14-23(26)24-16-18(3)25(4)20-9-7-6-8-10-20/h6-15,17-18H,16H2,1-5H3,(H,24,26). The van der Waals surface area contributed by atoms with Crippen molar-refractivity contribution in [3.8, 4) is 11.5 Å². The first-order chi connectivity index (χ1) is 13.4. The number of hydrogen-bond donors (Lipinski definition) is 1. The van der Waals surface area contributed by atoms with Crippen LogP contribution in [0.1, 0.15) is 26.3 Å². The normalized spacial score (nSPS) is 12.1. The lowest BCUT2D eigenvalue weighted by Crippen LogP contribution is -2.39. The number of nitrogens with zero attached hydrogens (tertiary/aromatic N) is 1. The number of anilines is 1. The van der Waals surface area contributed by atoms with E-state index in [0.717, 1.165) is 11.3 Å². The van der Waals surface area contributed by atoms with E-state index in [-0.39, 0.29) is 18.1 Å². The lowest BCUT2D eigenvalue weighted by atomic mass is 10.2. The highest BCUT2D eigenvalue weighted by Gasteiger charge is 2.10. The maximum atomic E-state index is 12.2. The number of carbonyl (C=O) groups is 1. The van der Waals surface area contributed by atoms with Crippen LogP contribution in [0, 0.1) is 0 Å². The molecular weight excluding hydrogens is 352 g/mol. The van der Waals surface area contributed by atoms with Crippen molar-refractivity contribution in [1.82, 2.24) is 5.32 Å². The highest BCUT2D eigenvalue weighted by molar-refractivity contribution is 5.91. The summed E-state index contributed by atoms with van der Waals surface area (Å²) in [6.45, 7) is 6.57. The molecule has 0 aromatic heterocycles. The van der Waals surface area contributed by atoms with E-state index in [1.54, 1.807) is 13.2 Å². The Hall–Kier alpha value is -2.95. The molecule has 0 fully saturated rings. The van der Waals surface area contributed by atoms with Gasteiger partial charge in [0.15, 0.2) is 11.5 Å². The third kappa shape index (κ3) is 6.34. The van der Waals surface area contributed by atoms with Crippen molar-refractivity contribution < 1.29 is 14.3 Å². The topological polar surface area (TPSA) is 50.8 Å². The zero-order valence-electron chi connectivity index (χ0n) is 17.3. The van der Waals surface area contributed by atoms with Crippen LogP contribution in [0.2, 0.25) is 0 Å². The second kappa shape index (κ2) is 10.4. The molecule has 0 aliphatic rings.